The highest BCUT2D eigenvalue weighted by Crippen LogP contribution is 2.30. The van der Waals surface area contributed by atoms with Crippen LogP contribution in [0.4, 0.5) is 10.5 Å². The van der Waals surface area contributed by atoms with Crippen molar-refractivity contribution in [2.75, 3.05) is 5.32 Å². The number of rotatable bonds is 3. The molecule has 0 saturated carbocycles. The number of hydrogen-bond acceptors (Lipinski definition) is 3. The van der Waals surface area contributed by atoms with Gasteiger partial charge in [-0.3, -0.25) is 14.9 Å². The number of urea groups is 1. The predicted octanol–water partition coefficient (Wildman–Crippen LogP) is 3.74. The van der Waals surface area contributed by atoms with Crippen LogP contribution in [0.25, 0.3) is 10.9 Å². The van der Waals surface area contributed by atoms with Crippen LogP contribution in [-0.2, 0) is 23.2 Å². The summed E-state index contributed by atoms with van der Waals surface area (Å²) >= 11 is 0. The van der Waals surface area contributed by atoms with Crippen molar-refractivity contribution in [2.24, 2.45) is 0 Å². The molecule has 158 valence electrons. The molecule has 4 amide bonds. The maximum absolute atomic E-state index is 12.9. The number of carbonyl (C=O) groups excluding carboxylic acids is 3. The Morgan fingerprint density at radius 1 is 1.00 bits per heavy atom. The Morgan fingerprint density at radius 2 is 1.77 bits per heavy atom. The number of H-pyrrole nitrogens is 1. The third-order valence-electron chi connectivity index (χ3n) is 6.38. The molecular weight excluding hydrogens is 392 g/mol. The van der Waals surface area contributed by atoms with Crippen molar-refractivity contribution in [1.29, 1.82) is 0 Å². The molecule has 1 atom stereocenters. The van der Waals surface area contributed by atoms with Gasteiger partial charge in [-0.05, 0) is 74.1 Å². The zero-order valence-electron chi connectivity index (χ0n) is 17.3. The largest absolute Gasteiger partial charge is 0.358 e. The molecule has 4 N–H and O–H groups in total. The van der Waals surface area contributed by atoms with Crippen LogP contribution in [0.2, 0.25) is 0 Å². The summed E-state index contributed by atoms with van der Waals surface area (Å²) in [5.41, 5.74) is 4.49. The van der Waals surface area contributed by atoms with Crippen molar-refractivity contribution in [2.45, 2.75) is 44.6 Å². The highest BCUT2D eigenvalue weighted by atomic mass is 16.2. The van der Waals surface area contributed by atoms with Crippen molar-refractivity contribution < 1.29 is 14.4 Å². The van der Waals surface area contributed by atoms with E-state index in [-0.39, 0.29) is 5.91 Å². The van der Waals surface area contributed by atoms with Gasteiger partial charge in [0.1, 0.15) is 5.54 Å². The van der Waals surface area contributed by atoms with Crippen molar-refractivity contribution in [3.63, 3.8) is 0 Å². The fourth-order valence-electron chi connectivity index (χ4n) is 4.56. The fourth-order valence-corrected chi connectivity index (χ4v) is 4.56. The molecule has 31 heavy (non-hydrogen) atoms. The van der Waals surface area contributed by atoms with Crippen LogP contribution < -0.4 is 16.0 Å². The van der Waals surface area contributed by atoms with E-state index in [1.165, 1.54) is 30.5 Å². The van der Waals surface area contributed by atoms with Gasteiger partial charge in [-0.2, -0.15) is 0 Å². The fraction of sp³-hybridized carbons (Fsp3) is 0.292. The summed E-state index contributed by atoms with van der Waals surface area (Å²) in [6.07, 6.45) is 5.73. The number of anilines is 1. The lowest BCUT2D eigenvalue weighted by atomic mass is 9.92. The number of aromatic amines is 1. The highest BCUT2D eigenvalue weighted by molar-refractivity contribution is 6.08. The lowest BCUT2D eigenvalue weighted by Crippen LogP contribution is -2.40. The summed E-state index contributed by atoms with van der Waals surface area (Å²) in [7, 11) is 0. The van der Waals surface area contributed by atoms with Crippen molar-refractivity contribution in [3.8, 4) is 0 Å². The maximum atomic E-state index is 12.9. The Balaban J connectivity index is 1.36. The molecule has 1 aliphatic heterocycles. The van der Waals surface area contributed by atoms with Gasteiger partial charge in [0, 0.05) is 27.8 Å². The van der Waals surface area contributed by atoms with Crippen molar-refractivity contribution in [3.05, 3.63) is 64.8 Å². The van der Waals surface area contributed by atoms with E-state index in [4.69, 9.17) is 0 Å². The normalized spacial score (nSPS) is 20.7. The molecule has 1 fully saturated rings. The van der Waals surface area contributed by atoms with E-state index in [0.29, 0.717) is 16.8 Å². The average molecular weight is 416 g/mol. The van der Waals surface area contributed by atoms with Gasteiger partial charge in [-0.25, -0.2) is 4.79 Å². The molecule has 1 aliphatic carbocycles. The molecule has 2 heterocycles. The summed E-state index contributed by atoms with van der Waals surface area (Å²) in [4.78, 5) is 40.0. The van der Waals surface area contributed by atoms with Gasteiger partial charge in [0.15, 0.2) is 0 Å². The van der Waals surface area contributed by atoms with Gasteiger partial charge in [-0.1, -0.05) is 18.6 Å². The lowest BCUT2D eigenvalue weighted by Gasteiger charge is -2.21. The predicted molar refractivity (Wildman–Crippen MR) is 118 cm³/mol. The molecule has 0 bridgehead atoms. The number of benzene rings is 2. The van der Waals surface area contributed by atoms with Gasteiger partial charge in [0.05, 0.1) is 0 Å². The van der Waals surface area contributed by atoms with Crippen LogP contribution in [0.3, 0.4) is 0 Å². The molecule has 3 aromatic rings. The molecule has 7 nitrogen and oxygen atoms in total. The van der Waals surface area contributed by atoms with Gasteiger partial charge in [-0.15, -0.1) is 0 Å². The number of aromatic nitrogens is 1. The Morgan fingerprint density at radius 3 is 2.52 bits per heavy atom. The Labute approximate surface area is 179 Å². The summed E-state index contributed by atoms with van der Waals surface area (Å²) in [6, 6.07) is 12.2. The zero-order chi connectivity index (χ0) is 21.6. The molecule has 1 aromatic heterocycles. The molecular formula is C24H24N4O3. The lowest BCUT2D eigenvalue weighted by molar-refractivity contribution is -0.123. The van der Waals surface area contributed by atoms with E-state index in [2.05, 4.69) is 20.9 Å². The van der Waals surface area contributed by atoms with E-state index < -0.39 is 17.5 Å². The van der Waals surface area contributed by atoms with Crippen LogP contribution in [0.15, 0.2) is 42.5 Å². The number of aryl methyl sites for hydroxylation is 2. The smallest absolute Gasteiger partial charge is 0.322 e. The second-order valence-corrected chi connectivity index (χ2v) is 8.47. The third-order valence-corrected chi connectivity index (χ3v) is 6.38. The van der Waals surface area contributed by atoms with Crippen LogP contribution in [0, 0.1) is 0 Å². The van der Waals surface area contributed by atoms with Gasteiger partial charge < -0.3 is 15.6 Å². The summed E-state index contributed by atoms with van der Waals surface area (Å²) in [6.45, 7) is 1.65. The molecule has 0 radical (unpaired) electrons. The maximum Gasteiger partial charge on any atom is 0.322 e. The topological polar surface area (TPSA) is 103 Å². The molecule has 5 rings (SSSR count). The first-order valence-electron chi connectivity index (χ1n) is 10.6. The van der Waals surface area contributed by atoms with E-state index in [1.54, 1.807) is 31.2 Å². The van der Waals surface area contributed by atoms with Crippen LogP contribution in [0.1, 0.15) is 53.4 Å². The molecule has 1 unspecified atom stereocenters. The minimum Gasteiger partial charge on any atom is -0.358 e. The number of carbonyl (C=O) groups is 3. The first-order valence-corrected chi connectivity index (χ1v) is 10.6. The Bertz CT molecular complexity index is 1210. The van der Waals surface area contributed by atoms with E-state index in [9.17, 15) is 14.4 Å². The Kier molecular flexibility index (Phi) is 4.54. The SMILES string of the molecule is CC1(c2ccc(NC(=O)c3ccc4[nH]c5c(c4c3)CCCCC5)cc2)NC(=O)NC1=O. The number of fused-ring (bicyclic) bond motifs is 3. The third kappa shape index (κ3) is 3.36. The summed E-state index contributed by atoms with van der Waals surface area (Å²) in [5.74, 6) is -0.579. The van der Waals surface area contributed by atoms with Gasteiger partial charge in [0.2, 0.25) is 0 Å². The molecule has 2 aromatic carbocycles. The van der Waals surface area contributed by atoms with E-state index >= 15 is 0 Å². The standard InChI is InChI=1S/C24H24N4O3/c1-24(22(30)27-23(31)28-24)15-8-10-16(11-9-15)25-21(29)14-7-12-20-18(13-14)17-5-3-2-4-6-19(17)26-20/h7-13,26H,2-6H2,1H3,(H,25,29)(H2,27,28,30,31). The van der Waals surface area contributed by atoms with Crippen molar-refractivity contribution >= 4 is 34.4 Å². The molecule has 1 saturated heterocycles. The van der Waals surface area contributed by atoms with Gasteiger partial charge in [0.25, 0.3) is 11.8 Å². The number of nitrogens with one attached hydrogen (secondary N) is 4. The molecule has 7 heteroatoms. The summed E-state index contributed by atoms with van der Waals surface area (Å²) < 4.78 is 0. The second-order valence-electron chi connectivity index (χ2n) is 8.47. The average Bonchev–Trinajstić information content (AvgIpc) is 3.12. The van der Waals surface area contributed by atoms with Crippen LogP contribution in [0.5, 0.6) is 0 Å². The van der Waals surface area contributed by atoms with Crippen molar-refractivity contribution in [1.82, 2.24) is 15.6 Å². The molecule has 0 spiro atoms. The quantitative estimate of drug-likeness (QED) is 0.386. The number of imide groups is 1. The zero-order valence-corrected chi connectivity index (χ0v) is 17.3. The number of hydrogen-bond donors (Lipinski definition) is 4. The first-order chi connectivity index (χ1) is 14.9. The number of amides is 4. The highest BCUT2D eigenvalue weighted by Gasteiger charge is 2.43. The van der Waals surface area contributed by atoms with Gasteiger partial charge >= 0.3 is 6.03 Å². The summed E-state index contributed by atoms with van der Waals surface area (Å²) in [5, 5.41) is 8.94. The minimum atomic E-state index is -1.11. The van der Waals surface area contributed by atoms with Crippen LogP contribution in [-0.4, -0.2) is 22.8 Å². The van der Waals surface area contributed by atoms with E-state index in [1.807, 2.05) is 18.2 Å². The minimum absolute atomic E-state index is 0.184. The second kappa shape index (κ2) is 7.27. The Hall–Kier alpha value is -3.61. The first kappa shape index (κ1) is 19.4. The monoisotopic (exact) mass is 416 g/mol. The molecule has 2 aliphatic rings. The van der Waals surface area contributed by atoms with E-state index in [0.717, 1.165) is 23.7 Å². The van der Waals surface area contributed by atoms with Crippen LogP contribution >= 0.6 is 0 Å².